The number of nitrogens with one attached hydrogen (secondary N) is 2. The molecule has 0 aliphatic rings. The van der Waals surface area contributed by atoms with E-state index in [2.05, 4.69) is 63.7 Å². The molecule has 6 nitrogen and oxygen atoms in total. The fourth-order valence-corrected chi connectivity index (χ4v) is 3.53. The summed E-state index contributed by atoms with van der Waals surface area (Å²) in [6.07, 6.45) is 1.97. The Balaban J connectivity index is 2.13. The van der Waals surface area contributed by atoms with E-state index in [-0.39, 0.29) is 29.9 Å². The summed E-state index contributed by atoms with van der Waals surface area (Å²) in [5.74, 6) is 0.444. The van der Waals surface area contributed by atoms with E-state index < -0.39 is 11.3 Å². The highest BCUT2D eigenvalue weighted by atomic mass is 32.2. The summed E-state index contributed by atoms with van der Waals surface area (Å²) in [6, 6.07) is 13.3. The van der Waals surface area contributed by atoms with Crippen molar-refractivity contribution in [2.45, 2.75) is 71.8 Å². The van der Waals surface area contributed by atoms with Gasteiger partial charge in [0, 0.05) is 29.1 Å². The van der Waals surface area contributed by atoms with Gasteiger partial charge in [0.05, 0.1) is 0 Å². The molecule has 0 aliphatic heterocycles. The van der Waals surface area contributed by atoms with E-state index >= 15 is 0 Å². The average Bonchev–Trinajstić information content (AvgIpc) is 2.76. The normalized spacial score (nSPS) is 13.0. The summed E-state index contributed by atoms with van der Waals surface area (Å²) in [4.78, 5) is 12.5. The van der Waals surface area contributed by atoms with Crippen molar-refractivity contribution >= 4 is 22.9 Å². The molecule has 1 atom stereocenters. The smallest absolute Gasteiger partial charge is 0.262 e. The molecule has 176 valence electrons. The van der Waals surface area contributed by atoms with Gasteiger partial charge in [-0.25, -0.2) is 4.72 Å². The van der Waals surface area contributed by atoms with Crippen LogP contribution in [0.25, 0.3) is 0 Å². The monoisotopic (exact) mass is 459 g/mol. The summed E-state index contributed by atoms with van der Waals surface area (Å²) >= 11 is -2.33. The molecule has 1 amide bonds. The third-order valence-corrected chi connectivity index (χ3v) is 6.60. The minimum absolute atomic E-state index is 0.0625. The van der Waals surface area contributed by atoms with Crippen molar-refractivity contribution < 1.29 is 18.3 Å². The summed E-state index contributed by atoms with van der Waals surface area (Å²) in [7, 11) is 0. The number of amides is 1. The van der Waals surface area contributed by atoms with E-state index in [1.165, 1.54) is 5.56 Å². The Morgan fingerprint density at radius 2 is 1.72 bits per heavy atom. The van der Waals surface area contributed by atoms with Gasteiger partial charge in [-0.15, -0.1) is 0 Å². The fraction of sp³-hybridized carbons (Fsp3) is 0.480. The Hall–Kier alpha value is -2.22. The van der Waals surface area contributed by atoms with Crippen molar-refractivity contribution in [2.24, 2.45) is 0 Å². The number of hydrogen-bond acceptors (Lipinski definition) is 4. The molecule has 0 bridgehead atoms. The minimum atomic E-state index is -2.33. The Morgan fingerprint density at radius 1 is 1.03 bits per heavy atom. The maximum absolute atomic E-state index is 12.5. The van der Waals surface area contributed by atoms with Crippen LogP contribution >= 0.6 is 0 Å². The summed E-state index contributed by atoms with van der Waals surface area (Å²) in [6.45, 7) is 13.2. The lowest BCUT2D eigenvalue weighted by Gasteiger charge is -2.30. The van der Waals surface area contributed by atoms with Gasteiger partial charge in [-0.2, -0.15) is 0 Å². The third-order valence-electron chi connectivity index (χ3n) is 6.22. The zero-order chi connectivity index (χ0) is 23.9. The molecule has 0 saturated heterocycles. The second kappa shape index (κ2) is 11.1. The van der Waals surface area contributed by atoms with E-state index in [0.29, 0.717) is 5.69 Å². The van der Waals surface area contributed by atoms with E-state index in [1.54, 1.807) is 24.3 Å². The topological polar surface area (TPSA) is 90.5 Å². The van der Waals surface area contributed by atoms with Gasteiger partial charge in [-0.3, -0.25) is 9.00 Å². The minimum Gasteiger partial charge on any atom is -0.760 e. The summed E-state index contributed by atoms with van der Waals surface area (Å²) in [5.41, 5.74) is 3.67. The molecule has 0 radical (unpaired) electrons. The molecule has 0 heterocycles. The second-order valence-corrected chi connectivity index (χ2v) is 10.0. The van der Waals surface area contributed by atoms with Gasteiger partial charge in [0.15, 0.2) is 6.61 Å². The fourth-order valence-electron chi connectivity index (χ4n) is 3.24. The first kappa shape index (κ1) is 26.0. The number of carbonyl (C=O) groups is 1. The van der Waals surface area contributed by atoms with Crippen LogP contribution in [0.5, 0.6) is 5.75 Å². The summed E-state index contributed by atoms with van der Waals surface area (Å²) < 4.78 is 29.6. The first-order chi connectivity index (χ1) is 15.0. The van der Waals surface area contributed by atoms with Gasteiger partial charge in [0.1, 0.15) is 5.75 Å². The summed E-state index contributed by atoms with van der Waals surface area (Å²) in [5, 5.41) is 2.81. The molecule has 32 heavy (non-hydrogen) atoms. The number of carbonyl (C=O) groups excluding carboxylic acids is 1. The van der Waals surface area contributed by atoms with Crippen molar-refractivity contribution in [3.05, 3.63) is 59.2 Å². The van der Waals surface area contributed by atoms with E-state index in [4.69, 9.17) is 4.74 Å². The zero-order valence-electron chi connectivity index (χ0n) is 19.9. The maximum Gasteiger partial charge on any atom is 0.262 e. The van der Waals surface area contributed by atoms with E-state index in [0.717, 1.165) is 29.7 Å². The standard InChI is InChI=1S/C25H36N2O4S/c1-7-24(3,4)19-12-13-22(21(15-19)25(5,6)8-2)31-17-23(28)27-20-11-9-10-18(14-20)16-26-32(29)30/h9-15,26H,7-8,16-17H2,1-6H3,(H,27,28)(H,29,30)/p-1. The Bertz CT molecular complexity index is 957. The highest BCUT2D eigenvalue weighted by Gasteiger charge is 2.26. The molecular formula is C25H35N2O4S-. The maximum atomic E-state index is 12.5. The Morgan fingerprint density at radius 3 is 2.34 bits per heavy atom. The second-order valence-electron chi connectivity index (χ2n) is 9.28. The Labute approximate surface area is 194 Å². The lowest BCUT2D eigenvalue weighted by Crippen LogP contribution is -2.24. The number of ether oxygens (including phenoxy) is 1. The molecule has 0 saturated carbocycles. The number of benzene rings is 2. The third kappa shape index (κ3) is 7.15. The van der Waals surface area contributed by atoms with Crippen molar-refractivity contribution in [3.63, 3.8) is 0 Å². The average molecular weight is 460 g/mol. The predicted molar refractivity (Wildman–Crippen MR) is 129 cm³/mol. The lowest BCUT2D eigenvalue weighted by molar-refractivity contribution is -0.118. The molecule has 2 rings (SSSR count). The Kier molecular flexibility index (Phi) is 9.01. The van der Waals surface area contributed by atoms with Gasteiger partial charge in [-0.05, 0) is 53.0 Å². The van der Waals surface area contributed by atoms with E-state index in [1.807, 2.05) is 6.07 Å². The van der Waals surface area contributed by atoms with Crippen molar-refractivity contribution in [1.29, 1.82) is 0 Å². The number of rotatable bonds is 11. The largest absolute Gasteiger partial charge is 0.760 e. The van der Waals surface area contributed by atoms with Gasteiger partial charge < -0.3 is 14.6 Å². The molecule has 0 spiro atoms. The van der Waals surface area contributed by atoms with E-state index in [9.17, 15) is 13.6 Å². The van der Waals surface area contributed by atoms with Crippen LogP contribution in [0.4, 0.5) is 5.69 Å². The first-order valence-corrected chi connectivity index (χ1v) is 12.1. The first-order valence-electron chi connectivity index (χ1n) is 11.0. The molecule has 0 aromatic heterocycles. The number of hydrogen-bond donors (Lipinski definition) is 2. The predicted octanol–water partition coefficient (Wildman–Crippen LogP) is 4.96. The zero-order valence-corrected chi connectivity index (χ0v) is 20.7. The molecule has 0 aliphatic carbocycles. The molecule has 0 fully saturated rings. The highest BCUT2D eigenvalue weighted by molar-refractivity contribution is 7.77. The molecule has 2 aromatic rings. The van der Waals surface area contributed by atoms with Crippen molar-refractivity contribution in [3.8, 4) is 5.75 Å². The number of anilines is 1. The van der Waals surface area contributed by atoms with Gasteiger partial charge >= 0.3 is 0 Å². The van der Waals surface area contributed by atoms with Crippen LogP contribution in [0, 0.1) is 0 Å². The van der Waals surface area contributed by atoms with Crippen LogP contribution < -0.4 is 14.8 Å². The molecule has 2 aromatic carbocycles. The van der Waals surface area contributed by atoms with Crippen LogP contribution in [0.15, 0.2) is 42.5 Å². The lowest BCUT2D eigenvalue weighted by atomic mass is 9.76. The van der Waals surface area contributed by atoms with Crippen LogP contribution in [0.1, 0.15) is 71.1 Å². The van der Waals surface area contributed by atoms with Crippen molar-refractivity contribution in [2.75, 3.05) is 11.9 Å². The molecule has 1 unspecified atom stereocenters. The van der Waals surface area contributed by atoms with Gasteiger partial charge in [-0.1, -0.05) is 65.8 Å². The SMILES string of the molecule is CCC(C)(C)c1ccc(OCC(=O)Nc2cccc(CNS(=O)[O-])c2)c(C(C)(C)CC)c1. The molecule has 2 N–H and O–H groups in total. The van der Waals surface area contributed by atoms with Crippen LogP contribution in [-0.4, -0.2) is 21.3 Å². The quantitative estimate of drug-likeness (QED) is 0.465. The van der Waals surface area contributed by atoms with Crippen molar-refractivity contribution in [1.82, 2.24) is 4.72 Å². The van der Waals surface area contributed by atoms with Crippen LogP contribution in [-0.2, 0) is 33.4 Å². The molecule has 7 heteroatoms. The molecular weight excluding hydrogens is 424 g/mol. The van der Waals surface area contributed by atoms with Gasteiger partial charge in [0.25, 0.3) is 5.91 Å². The van der Waals surface area contributed by atoms with Gasteiger partial charge in [0.2, 0.25) is 0 Å². The van der Waals surface area contributed by atoms with Crippen LogP contribution in [0.3, 0.4) is 0 Å². The highest BCUT2D eigenvalue weighted by Crippen LogP contribution is 2.38. The van der Waals surface area contributed by atoms with Crippen LogP contribution in [0.2, 0.25) is 0 Å².